The van der Waals surface area contributed by atoms with Gasteiger partial charge in [-0.2, -0.15) is 0 Å². The summed E-state index contributed by atoms with van der Waals surface area (Å²) in [5, 5.41) is 4.77. The van der Waals surface area contributed by atoms with Crippen LogP contribution in [0.3, 0.4) is 0 Å². The van der Waals surface area contributed by atoms with Gasteiger partial charge in [-0.1, -0.05) is 30.3 Å². The highest BCUT2D eigenvalue weighted by atomic mass is 79.9. The topological polar surface area (TPSA) is 64.6 Å². The van der Waals surface area contributed by atoms with Gasteiger partial charge in [-0.25, -0.2) is 4.79 Å². The summed E-state index contributed by atoms with van der Waals surface area (Å²) in [7, 11) is 0. The number of benzene rings is 2. The molecule has 1 amide bonds. The highest BCUT2D eigenvalue weighted by Crippen LogP contribution is 2.32. The first-order chi connectivity index (χ1) is 11.3. The van der Waals surface area contributed by atoms with Crippen LogP contribution >= 0.6 is 15.9 Å². The molecule has 0 fully saturated rings. The lowest BCUT2D eigenvalue weighted by molar-refractivity contribution is -0.150. The number of hydrogen-bond acceptors (Lipinski definition) is 4. The third-order valence-electron chi connectivity index (χ3n) is 3.05. The minimum atomic E-state index is -0.598. The molecular weight excluding hydrogens is 374 g/mol. The van der Waals surface area contributed by atoms with Crippen molar-refractivity contribution >= 4 is 38.6 Å². The van der Waals surface area contributed by atoms with Gasteiger partial charge < -0.3 is 14.8 Å². The molecule has 0 aromatic heterocycles. The summed E-state index contributed by atoms with van der Waals surface area (Å²) in [6, 6.07) is 11.5. The molecule has 2 aromatic rings. The van der Waals surface area contributed by atoms with E-state index >= 15 is 0 Å². The van der Waals surface area contributed by atoms with E-state index in [9.17, 15) is 9.59 Å². The molecule has 24 heavy (non-hydrogen) atoms. The second-order valence-electron chi connectivity index (χ2n) is 6.35. The third kappa shape index (κ3) is 5.23. The van der Waals surface area contributed by atoms with Crippen LogP contribution in [-0.4, -0.2) is 30.6 Å². The maximum absolute atomic E-state index is 11.7. The highest BCUT2D eigenvalue weighted by Gasteiger charge is 2.16. The zero-order valence-electron chi connectivity index (χ0n) is 13.9. The van der Waals surface area contributed by atoms with Crippen LogP contribution in [0, 0.1) is 0 Å². The quantitative estimate of drug-likeness (QED) is 0.790. The van der Waals surface area contributed by atoms with Crippen molar-refractivity contribution in [3.63, 3.8) is 0 Å². The summed E-state index contributed by atoms with van der Waals surface area (Å²) in [5.41, 5.74) is -0.365. The molecule has 0 atom stereocenters. The molecule has 0 saturated heterocycles. The fraction of sp³-hybridized carbons (Fsp3) is 0.333. The summed E-state index contributed by atoms with van der Waals surface area (Å²) in [4.78, 5) is 23.3. The number of carbonyl (C=O) groups is 2. The van der Waals surface area contributed by atoms with Crippen molar-refractivity contribution in [1.29, 1.82) is 0 Å². The van der Waals surface area contributed by atoms with E-state index < -0.39 is 5.97 Å². The molecule has 2 aromatic carbocycles. The SMILES string of the molecule is CC(C)(C)NC(=O)COC(=O)COc1ccc2ccccc2c1Br. The van der Waals surface area contributed by atoms with Gasteiger partial charge in [-0.15, -0.1) is 0 Å². The van der Waals surface area contributed by atoms with Gasteiger partial charge in [0.25, 0.3) is 5.91 Å². The number of rotatable bonds is 5. The van der Waals surface area contributed by atoms with E-state index in [1.807, 2.05) is 51.1 Å². The summed E-state index contributed by atoms with van der Waals surface area (Å²) >= 11 is 3.49. The normalized spacial score (nSPS) is 11.2. The van der Waals surface area contributed by atoms with Crippen molar-refractivity contribution in [2.45, 2.75) is 26.3 Å². The first kappa shape index (κ1) is 18.3. The maximum Gasteiger partial charge on any atom is 0.344 e. The van der Waals surface area contributed by atoms with Crippen LogP contribution in [0.4, 0.5) is 0 Å². The summed E-state index contributed by atoms with van der Waals surface area (Å²) in [5.74, 6) is -0.397. The smallest absolute Gasteiger partial charge is 0.344 e. The molecule has 0 aliphatic heterocycles. The van der Waals surface area contributed by atoms with Crippen molar-refractivity contribution < 1.29 is 19.1 Å². The fourth-order valence-corrected chi connectivity index (χ4v) is 2.71. The Balaban J connectivity index is 1.88. The largest absolute Gasteiger partial charge is 0.481 e. The van der Waals surface area contributed by atoms with Crippen LogP contribution in [0.1, 0.15) is 20.8 Å². The molecule has 0 aliphatic carbocycles. The maximum atomic E-state index is 11.7. The first-order valence-electron chi connectivity index (χ1n) is 7.53. The van der Waals surface area contributed by atoms with E-state index in [0.29, 0.717) is 5.75 Å². The first-order valence-corrected chi connectivity index (χ1v) is 8.32. The molecular formula is C18H20BrNO4. The second-order valence-corrected chi connectivity index (χ2v) is 7.14. The lowest BCUT2D eigenvalue weighted by atomic mass is 10.1. The molecule has 0 heterocycles. The van der Waals surface area contributed by atoms with Crippen molar-refractivity contribution in [3.8, 4) is 5.75 Å². The Morgan fingerprint density at radius 3 is 2.50 bits per heavy atom. The Morgan fingerprint density at radius 1 is 1.08 bits per heavy atom. The number of amides is 1. The molecule has 6 heteroatoms. The van der Waals surface area contributed by atoms with Crippen LogP contribution in [0.25, 0.3) is 10.8 Å². The van der Waals surface area contributed by atoms with Gasteiger partial charge in [-0.05, 0) is 53.5 Å². The predicted octanol–water partition coefficient (Wildman–Crippen LogP) is 3.44. The number of halogens is 1. The number of fused-ring (bicyclic) bond motifs is 1. The minimum Gasteiger partial charge on any atom is -0.481 e. The van der Waals surface area contributed by atoms with E-state index in [4.69, 9.17) is 9.47 Å². The average molecular weight is 394 g/mol. The van der Waals surface area contributed by atoms with Crippen LogP contribution in [0.2, 0.25) is 0 Å². The molecule has 0 radical (unpaired) electrons. The molecule has 1 N–H and O–H groups in total. The van der Waals surface area contributed by atoms with Crippen molar-refractivity contribution in [3.05, 3.63) is 40.9 Å². The van der Waals surface area contributed by atoms with Crippen molar-refractivity contribution in [2.75, 3.05) is 13.2 Å². The number of esters is 1. The molecule has 2 rings (SSSR count). The average Bonchev–Trinajstić information content (AvgIpc) is 2.51. The van der Waals surface area contributed by atoms with E-state index in [2.05, 4.69) is 21.2 Å². The molecule has 0 saturated carbocycles. The Hall–Kier alpha value is -2.08. The van der Waals surface area contributed by atoms with Gasteiger partial charge in [0.15, 0.2) is 13.2 Å². The van der Waals surface area contributed by atoms with E-state index in [1.54, 1.807) is 6.07 Å². The van der Waals surface area contributed by atoms with Gasteiger partial charge in [0.05, 0.1) is 4.47 Å². The lowest BCUT2D eigenvalue weighted by Crippen LogP contribution is -2.43. The van der Waals surface area contributed by atoms with Crippen molar-refractivity contribution in [1.82, 2.24) is 5.32 Å². The van der Waals surface area contributed by atoms with Crippen molar-refractivity contribution in [2.24, 2.45) is 0 Å². The van der Waals surface area contributed by atoms with Crippen LogP contribution < -0.4 is 10.1 Å². The Kier molecular flexibility index (Phi) is 5.83. The van der Waals surface area contributed by atoms with Crippen LogP contribution in [-0.2, 0) is 14.3 Å². The van der Waals surface area contributed by atoms with Gasteiger partial charge in [-0.3, -0.25) is 4.79 Å². The molecule has 128 valence electrons. The van der Waals surface area contributed by atoms with Gasteiger partial charge in [0.1, 0.15) is 5.75 Å². The van der Waals surface area contributed by atoms with Gasteiger partial charge in [0.2, 0.25) is 0 Å². The number of ether oxygens (including phenoxy) is 2. The zero-order chi connectivity index (χ0) is 17.7. The van der Waals surface area contributed by atoms with Crippen LogP contribution in [0.5, 0.6) is 5.75 Å². The Bertz CT molecular complexity index is 752. The van der Waals surface area contributed by atoms with E-state index in [0.717, 1.165) is 15.2 Å². The molecule has 0 bridgehead atoms. The third-order valence-corrected chi connectivity index (χ3v) is 3.87. The van der Waals surface area contributed by atoms with Gasteiger partial charge in [0, 0.05) is 5.54 Å². The summed E-state index contributed by atoms with van der Waals surface area (Å²) in [6.07, 6.45) is 0. The lowest BCUT2D eigenvalue weighted by Gasteiger charge is -2.20. The number of nitrogens with one attached hydrogen (secondary N) is 1. The molecule has 0 unspecified atom stereocenters. The standard InChI is InChI=1S/C18H20BrNO4/c1-18(2,3)20-15(21)10-24-16(22)11-23-14-9-8-12-6-4-5-7-13(12)17(14)19/h4-9H,10-11H2,1-3H3,(H,20,21). The van der Waals surface area contributed by atoms with Crippen LogP contribution in [0.15, 0.2) is 40.9 Å². The van der Waals surface area contributed by atoms with Gasteiger partial charge >= 0.3 is 5.97 Å². The monoisotopic (exact) mass is 393 g/mol. The predicted molar refractivity (Wildman–Crippen MR) is 96.0 cm³/mol. The molecule has 5 nitrogen and oxygen atoms in total. The molecule has 0 spiro atoms. The summed E-state index contributed by atoms with van der Waals surface area (Å²) < 4.78 is 11.2. The highest BCUT2D eigenvalue weighted by molar-refractivity contribution is 9.10. The Morgan fingerprint density at radius 2 is 1.79 bits per heavy atom. The zero-order valence-corrected chi connectivity index (χ0v) is 15.5. The van der Waals surface area contributed by atoms with E-state index in [-0.39, 0.29) is 24.7 Å². The Labute approximate surface area is 149 Å². The minimum absolute atomic E-state index is 0.264. The molecule has 0 aliphatic rings. The fourth-order valence-electron chi connectivity index (χ4n) is 2.10. The second kappa shape index (κ2) is 7.66. The summed E-state index contributed by atoms with van der Waals surface area (Å²) in [6.45, 7) is 4.98. The number of carbonyl (C=O) groups excluding carboxylic acids is 2. The van der Waals surface area contributed by atoms with E-state index in [1.165, 1.54) is 0 Å². The number of hydrogen-bond donors (Lipinski definition) is 1.